The molecule has 1 rings (SSSR count). The maximum Gasteiger partial charge on any atom is 0.175 e. The second-order valence-corrected chi connectivity index (χ2v) is 6.12. The van der Waals surface area contributed by atoms with Crippen molar-refractivity contribution in [2.45, 2.75) is 53.0 Å². The number of rotatable bonds is 10. The van der Waals surface area contributed by atoms with E-state index in [-0.39, 0.29) is 0 Å². The van der Waals surface area contributed by atoms with Crippen LogP contribution in [0.5, 0.6) is 11.5 Å². The smallest absolute Gasteiger partial charge is 0.175 e. The minimum absolute atomic E-state index is 0.493. The van der Waals surface area contributed by atoms with Crippen LogP contribution < -0.4 is 15.2 Å². The highest BCUT2D eigenvalue weighted by molar-refractivity contribution is 9.10. The molecule has 0 aliphatic heterocycles. The predicted molar refractivity (Wildman–Crippen MR) is 92.0 cm³/mol. The van der Waals surface area contributed by atoms with E-state index >= 15 is 0 Å². The van der Waals surface area contributed by atoms with Crippen LogP contribution in [0.3, 0.4) is 0 Å². The molecule has 0 radical (unpaired) electrons. The Labute approximate surface area is 137 Å². The Kier molecular flexibility index (Phi) is 8.77. The van der Waals surface area contributed by atoms with E-state index in [0.29, 0.717) is 19.1 Å². The molecular formula is C17H28BrNO2. The van der Waals surface area contributed by atoms with Crippen LogP contribution in [0, 0.1) is 5.92 Å². The van der Waals surface area contributed by atoms with Crippen molar-refractivity contribution < 1.29 is 9.47 Å². The Hall–Kier alpha value is -0.740. The summed E-state index contributed by atoms with van der Waals surface area (Å²) in [6.07, 6.45) is 4.85. The third kappa shape index (κ3) is 5.87. The van der Waals surface area contributed by atoms with Gasteiger partial charge in [0.1, 0.15) is 0 Å². The van der Waals surface area contributed by atoms with Crippen LogP contribution in [0.4, 0.5) is 0 Å². The van der Waals surface area contributed by atoms with Gasteiger partial charge in [-0.15, -0.1) is 0 Å². The Morgan fingerprint density at radius 3 is 2.52 bits per heavy atom. The summed E-state index contributed by atoms with van der Waals surface area (Å²) in [6, 6.07) is 3.97. The number of ether oxygens (including phenoxy) is 2. The Morgan fingerprint density at radius 2 is 1.95 bits per heavy atom. The SMILES string of the molecule is CCCCC(CC)COc1c(Br)cc(CN)cc1OCC. The first-order chi connectivity index (χ1) is 10.2. The summed E-state index contributed by atoms with van der Waals surface area (Å²) in [4.78, 5) is 0. The molecule has 1 aromatic carbocycles. The molecular weight excluding hydrogens is 330 g/mol. The first-order valence-electron chi connectivity index (χ1n) is 7.94. The van der Waals surface area contributed by atoms with Gasteiger partial charge >= 0.3 is 0 Å². The molecule has 1 atom stereocenters. The summed E-state index contributed by atoms with van der Waals surface area (Å²) >= 11 is 3.57. The van der Waals surface area contributed by atoms with E-state index in [1.165, 1.54) is 19.3 Å². The fourth-order valence-electron chi connectivity index (χ4n) is 2.24. The van der Waals surface area contributed by atoms with Crippen molar-refractivity contribution in [3.63, 3.8) is 0 Å². The maximum absolute atomic E-state index is 6.06. The molecule has 0 aliphatic carbocycles. The first kappa shape index (κ1) is 18.3. The zero-order chi connectivity index (χ0) is 15.7. The normalized spacial score (nSPS) is 12.2. The molecule has 0 fully saturated rings. The molecule has 2 N–H and O–H groups in total. The van der Waals surface area contributed by atoms with Gasteiger partial charge in [0.25, 0.3) is 0 Å². The second kappa shape index (κ2) is 10.1. The van der Waals surface area contributed by atoms with Gasteiger partial charge in [0.15, 0.2) is 11.5 Å². The van der Waals surface area contributed by atoms with E-state index in [1.54, 1.807) is 0 Å². The van der Waals surface area contributed by atoms with Crippen LogP contribution in [-0.4, -0.2) is 13.2 Å². The summed E-state index contributed by atoms with van der Waals surface area (Å²) in [5, 5.41) is 0. The molecule has 0 aromatic heterocycles. The van der Waals surface area contributed by atoms with E-state index < -0.39 is 0 Å². The fraction of sp³-hybridized carbons (Fsp3) is 0.647. The van der Waals surface area contributed by atoms with Gasteiger partial charge in [-0.2, -0.15) is 0 Å². The van der Waals surface area contributed by atoms with E-state index in [9.17, 15) is 0 Å². The van der Waals surface area contributed by atoms with Crippen LogP contribution >= 0.6 is 15.9 Å². The lowest BCUT2D eigenvalue weighted by atomic mass is 10.0. The van der Waals surface area contributed by atoms with Crippen molar-refractivity contribution in [1.82, 2.24) is 0 Å². The quantitative estimate of drug-likeness (QED) is 0.647. The van der Waals surface area contributed by atoms with Gasteiger partial charge in [-0.3, -0.25) is 0 Å². The van der Waals surface area contributed by atoms with Crippen molar-refractivity contribution in [1.29, 1.82) is 0 Å². The number of hydrogen-bond donors (Lipinski definition) is 1. The maximum atomic E-state index is 6.06. The molecule has 3 nitrogen and oxygen atoms in total. The largest absolute Gasteiger partial charge is 0.490 e. The van der Waals surface area contributed by atoms with Crippen LogP contribution in [0.25, 0.3) is 0 Å². The van der Waals surface area contributed by atoms with Crippen LogP contribution in [0.1, 0.15) is 52.0 Å². The summed E-state index contributed by atoms with van der Waals surface area (Å²) in [7, 11) is 0. The third-order valence-corrected chi connectivity index (χ3v) is 4.20. The summed E-state index contributed by atoms with van der Waals surface area (Å²) in [6.45, 7) is 8.26. The summed E-state index contributed by atoms with van der Waals surface area (Å²) in [5.74, 6) is 2.17. The lowest BCUT2D eigenvalue weighted by molar-refractivity contribution is 0.218. The van der Waals surface area contributed by atoms with Gasteiger partial charge < -0.3 is 15.2 Å². The molecule has 0 aliphatic rings. The molecule has 0 spiro atoms. The highest BCUT2D eigenvalue weighted by atomic mass is 79.9. The predicted octanol–water partition coefficient (Wildman–Crippen LogP) is 4.90. The number of unbranched alkanes of at least 4 members (excludes halogenated alkanes) is 1. The molecule has 0 heterocycles. The monoisotopic (exact) mass is 357 g/mol. The summed E-state index contributed by atoms with van der Waals surface area (Å²) in [5.41, 5.74) is 6.75. The van der Waals surface area contributed by atoms with Gasteiger partial charge in [0.05, 0.1) is 17.7 Å². The Morgan fingerprint density at radius 1 is 1.19 bits per heavy atom. The van der Waals surface area contributed by atoms with Crippen LogP contribution in [0.15, 0.2) is 16.6 Å². The number of halogens is 1. The highest BCUT2D eigenvalue weighted by Crippen LogP contribution is 2.37. The fourth-order valence-corrected chi connectivity index (χ4v) is 2.85. The average Bonchev–Trinajstić information content (AvgIpc) is 2.49. The van der Waals surface area contributed by atoms with Crippen molar-refractivity contribution in [2.75, 3.05) is 13.2 Å². The van der Waals surface area contributed by atoms with Gasteiger partial charge in [-0.1, -0.05) is 33.1 Å². The third-order valence-electron chi connectivity index (χ3n) is 3.61. The molecule has 21 heavy (non-hydrogen) atoms. The molecule has 120 valence electrons. The van der Waals surface area contributed by atoms with E-state index in [1.807, 2.05) is 19.1 Å². The average molecular weight is 358 g/mol. The molecule has 1 unspecified atom stereocenters. The van der Waals surface area contributed by atoms with Crippen molar-refractivity contribution in [3.8, 4) is 11.5 Å². The number of nitrogens with two attached hydrogens (primary N) is 1. The lowest BCUT2D eigenvalue weighted by Crippen LogP contribution is -2.12. The second-order valence-electron chi connectivity index (χ2n) is 5.27. The number of hydrogen-bond acceptors (Lipinski definition) is 3. The highest BCUT2D eigenvalue weighted by Gasteiger charge is 2.14. The van der Waals surface area contributed by atoms with Gasteiger partial charge in [-0.05, 0) is 52.9 Å². The van der Waals surface area contributed by atoms with E-state index in [2.05, 4.69) is 29.8 Å². The van der Waals surface area contributed by atoms with E-state index in [4.69, 9.17) is 15.2 Å². The van der Waals surface area contributed by atoms with Crippen molar-refractivity contribution in [2.24, 2.45) is 11.7 Å². The zero-order valence-corrected chi connectivity index (χ0v) is 15.0. The van der Waals surface area contributed by atoms with Gasteiger partial charge in [0.2, 0.25) is 0 Å². The Bertz CT molecular complexity index is 423. The molecule has 1 aromatic rings. The number of benzene rings is 1. The molecule has 0 saturated carbocycles. The minimum Gasteiger partial charge on any atom is -0.490 e. The molecule has 0 amide bonds. The zero-order valence-electron chi connectivity index (χ0n) is 13.5. The molecule has 0 bridgehead atoms. The summed E-state index contributed by atoms with van der Waals surface area (Å²) < 4.78 is 12.7. The van der Waals surface area contributed by atoms with Gasteiger partial charge in [0, 0.05) is 6.54 Å². The van der Waals surface area contributed by atoms with Crippen LogP contribution in [0.2, 0.25) is 0 Å². The minimum atomic E-state index is 0.493. The van der Waals surface area contributed by atoms with E-state index in [0.717, 1.165) is 34.6 Å². The first-order valence-corrected chi connectivity index (χ1v) is 8.73. The lowest BCUT2D eigenvalue weighted by Gasteiger charge is -2.19. The van der Waals surface area contributed by atoms with Crippen molar-refractivity contribution >= 4 is 15.9 Å². The molecule has 4 heteroatoms. The van der Waals surface area contributed by atoms with Gasteiger partial charge in [-0.25, -0.2) is 0 Å². The standard InChI is InChI=1S/C17H28BrNO2/c1-4-7-8-13(5-2)12-21-17-15(18)9-14(11-19)10-16(17)20-6-3/h9-10,13H,4-8,11-12,19H2,1-3H3. The topological polar surface area (TPSA) is 44.5 Å². The Balaban J connectivity index is 2.80. The molecule has 0 saturated heterocycles. The van der Waals surface area contributed by atoms with Crippen LogP contribution in [-0.2, 0) is 6.54 Å². The van der Waals surface area contributed by atoms with Crippen molar-refractivity contribution in [3.05, 3.63) is 22.2 Å².